The average Bonchev–Trinajstić information content (AvgIpc) is 3.17. The van der Waals surface area contributed by atoms with E-state index in [0.717, 1.165) is 30.5 Å². The largest absolute Gasteiger partial charge is 0.310 e. The van der Waals surface area contributed by atoms with Crippen molar-refractivity contribution in [2.45, 2.75) is 63.1 Å². The Morgan fingerprint density at radius 1 is 1.29 bits per heavy atom. The van der Waals surface area contributed by atoms with Crippen LogP contribution in [0.2, 0.25) is 0 Å². The van der Waals surface area contributed by atoms with Crippen molar-refractivity contribution in [1.82, 2.24) is 9.62 Å². The second-order valence-corrected chi connectivity index (χ2v) is 8.24. The lowest BCUT2D eigenvalue weighted by Gasteiger charge is -2.21. The number of hydrogen-bond acceptors (Lipinski definition) is 3. The van der Waals surface area contributed by atoms with Crippen molar-refractivity contribution >= 4 is 10.0 Å². The van der Waals surface area contributed by atoms with Crippen LogP contribution < -0.4 is 5.32 Å². The van der Waals surface area contributed by atoms with Gasteiger partial charge in [0.25, 0.3) is 0 Å². The van der Waals surface area contributed by atoms with Gasteiger partial charge in [-0.05, 0) is 62.8 Å². The Morgan fingerprint density at radius 3 is 2.67 bits per heavy atom. The lowest BCUT2D eigenvalue weighted by molar-refractivity contribution is 0.408. The second kappa shape index (κ2) is 5.71. The molecule has 0 radical (unpaired) electrons. The minimum Gasteiger partial charge on any atom is -0.310 e. The zero-order valence-electron chi connectivity index (χ0n) is 12.8. The Labute approximate surface area is 127 Å². The van der Waals surface area contributed by atoms with E-state index in [9.17, 15) is 8.42 Å². The van der Waals surface area contributed by atoms with Gasteiger partial charge in [0.05, 0.1) is 4.90 Å². The fourth-order valence-electron chi connectivity index (χ4n) is 2.94. The molecule has 0 bridgehead atoms. The molecule has 1 aliphatic heterocycles. The normalized spacial score (nSPS) is 23.6. The number of rotatable bonds is 5. The molecule has 21 heavy (non-hydrogen) atoms. The van der Waals surface area contributed by atoms with Crippen molar-refractivity contribution < 1.29 is 8.42 Å². The maximum absolute atomic E-state index is 12.8. The Bertz CT molecular complexity index is 623. The van der Waals surface area contributed by atoms with Crippen LogP contribution in [0.4, 0.5) is 0 Å². The molecule has 2 fully saturated rings. The lowest BCUT2D eigenvalue weighted by Crippen LogP contribution is -2.33. The van der Waals surface area contributed by atoms with E-state index >= 15 is 0 Å². The Morgan fingerprint density at radius 2 is 2.05 bits per heavy atom. The van der Waals surface area contributed by atoms with E-state index < -0.39 is 10.0 Å². The predicted octanol–water partition coefficient (Wildman–Crippen LogP) is 2.42. The number of nitrogens with one attached hydrogen (secondary N) is 1. The van der Waals surface area contributed by atoms with Gasteiger partial charge in [0.15, 0.2) is 0 Å². The first-order chi connectivity index (χ1) is 9.98. The highest BCUT2D eigenvalue weighted by molar-refractivity contribution is 7.89. The summed E-state index contributed by atoms with van der Waals surface area (Å²) in [6.45, 7) is 5.44. The lowest BCUT2D eigenvalue weighted by atomic mass is 10.1. The molecule has 0 amide bonds. The first-order valence-corrected chi connectivity index (χ1v) is 9.27. The Hall–Kier alpha value is -0.910. The summed E-state index contributed by atoms with van der Waals surface area (Å²) in [6.07, 6.45) is 4.40. The molecule has 1 aromatic rings. The summed E-state index contributed by atoms with van der Waals surface area (Å²) in [5.41, 5.74) is 2.24. The van der Waals surface area contributed by atoms with Gasteiger partial charge in [0, 0.05) is 25.2 Å². The van der Waals surface area contributed by atoms with Gasteiger partial charge in [-0.15, -0.1) is 0 Å². The third-order valence-electron chi connectivity index (χ3n) is 4.58. The minimum atomic E-state index is -3.34. The van der Waals surface area contributed by atoms with Gasteiger partial charge in [-0.25, -0.2) is 8.42 Å². The zero-order chi connectivity index (χ0) is 15.0. The van der Waals surface area contributed by atoms with Crippen molar-refractivity contribution in [2.24, 2.45) is 0 Å². The first-order valence-electron chi connectivity index (χ1n) is 7.83. The molecule has 2 aliphatic rings. The highest BCUT2D eigenvalue weighted by atomic mass is 32.2. The summed E-state index contributed by atoms with van der Waals surface area (Å²) in [5, 5.41) is 3.46. The summed E-state index contributed by atoms with van der Waals surface area (Å²) in [7, 11) is -3.34. The SMILES string of the molecule is Cc1ccc(S(=O)(=O)N2CCCC2C)cc1CNC1CC1. The number of nitrogens with zero attached hydrogens (tertiary/aromatic N) is 1. The molecular weight excluding hydrogens is 284 g/mol. The molecule has 0 spiro atoms. The first kappa shape index (κ1) is 15.0. The van der Waals surface area contributed by atoms with Crippen LogP contribution in [0, 0.1) is 6.92 Å². The number of sulfonamides is 1. The third kappa shape index (κ3) is 3.15. The van der Waals surface area contributed by atoms with Gasteiger partial charge in [-0.1, -0.05) is 6.07 Å². The molecule has 1 atom stereocenters. The van der Waals surface area contributed by atoms with Gasteiger partial charge in [-0.2, -0.15) is 4.31 Å². The molecule has 1 aliphatic carbocycles. The summed E-state index contributed by atoms with van der Waals surface area (Å²) in [6, 6.07) is 6.27. The molecule has 1 aromatic carbocycles. The van der Waals surface area contributed by atoms with E-state index in [4.69, 9.17) is 0 Å². The molecule has 5 heteroatoms. The van der Waals surface area contributed by atoms with E-state index in [1.54, 1.807) is 10.4 Å². The second-order valence-electron chi connectivity index (χ2n) is 6.35. The van der Waals surface area contributed by atoms with Crippen LogP contribution in [0.15, 0.2) is 23.1 Å². The third-order valence-corrected chi connectivity index (χ3v) is 6.59. The molecule has 1 saturated heterocycles. The molecule has 4 nitrogen and oxygen atoms in total. The zero-order valence-corrected chi connectivity index (χ0v) is 13.6. The predicted molar refractivity (Wildman–Crippen MR) is 83.6 cm³/mol. The van der Waals surface area contributed by atoms with Gasteiger partial charge in [-0.3, -0.25) is 0 Å². The Kier molecular flexibility index (Phi) is 4.08. The van der Waals surface area contributed by atoms with Crippen LogP contribution in [0.5, 0.6) is 0 Å². The molecule has 1 unspecified atom stereocenters. The van der Waals surface area contributed by atoms with Crippen LogP contribution in [-0.4, -0.2) is 31.4 Å². The quantitative estimate of drug-likeness (QED) is 0.909. The van der Waals surface area contributed by atoms with Gasteiger partial charge >= 0.3 is 0 Å². The van der Waals surface area contributed by atoms with E-state index in [1.807, 2.05) is 26.0 Å². The van der Waals surface area contributed by atoms with E-state index in [0.29, 0.717) is 17.5 Å². The number of hydrogen-bond donors (Lipinski definition) is 1. The van der Waals surface area contributed by atoms with Crippen molar-refractivity contribution in [3.8, 4) is 0 Å². The molecule has 0 aromatic heterocycles. The maximum atomic E-state index is 12.8. The van der Waals surface area contributed by atoms with Crippen LogP contribution in [0.3, 0.4) is 0 Å². The number of benzene rings is 1. The van der Waals surface area contributed by atoms with E-state index in [-0.39, 0.29) is 6.04 Å². The van der Waals surface area contributed by atoms with Crippen LogP contribution in [0.25, 0.3) is 0 Å². The van der Waals surface area contributed by atoms with Crippen LogP contribution in [0.1, 0.15) is 43.7 Å². The molecule has 1 N–H and O–H groups in total. The highest BCUT2D eigenvalue weighted by Crippen LogP contribution is 2.27. The smallest absolute Gasteiger partial charge is 0.243 e. The minimum absolute atomic E-state index is 0.115. The van der Waals surface area contributed by atoms with Crippen molar-refractivity contribution in [2.75, 3.05) is 6.54 Å². The molecule has 1 heterocycles. The Balaban J connectivity index is 1.85. The van der Waals surface area contributed by atoms with E-state index in [2.05, 4.69) is 5.32 Å². The van der Waals surface area contributed by atoms with Gasteiger partial charge < -0.3 is 5.32 Å². The molecular formula is C16H24N2O2S. The molecule has 116 valence electrons. The van der Waals surface area contributed by atoms with Crippen LogP contribution >= 0.6 is 0 Å². The fraction of sp³-hybridized carbons (Fsp3) is 0.625. The van der Waals surface area contributed by atoms with Crippen molar-refractivity contribution in [3.05, 3.63) is 29.3 Å². The summed E-state index contributed by atoms with van der Waals surface area (Å²) < 4.78 is 27.2. The fourth-order valence-corrected chi connectivity index (χ4v) is 4.69. The van der Waals surface area contributed by atoms with Gasteiger partial charge in [0.2, 0.25) is 10.0 Å². The monoisotopic (exact) mass is 308 g/mol. The van der Waals surface area contributed by atoms with Crippen molar-refractivity contribution in [3.63, 3.8) is 0 Å². The molecule has 1 saturated carbocycles. The summed E-state index contributed by atoms with van der Waals surface area (Å²) >= 11 is 0. The highest BCUT2D eigenvalue weighted by Gasteiger charge is 2.32. The topological polar surface area (TPSA) is 49.4 Å². The van der Waals surface area contributed by atoms with E-state index in [1.165, 1.54) is 12.8 Å². The maximum Gasteiger partial charge on any atom is 0.243 e. The number of aryl methyl sites for hydroxylation is 1. The summed E-state index contributed by atoms with van der Waals surface area (Å²) in [4.78, 5) is 0.439. The summed E-state index contributed by atoms with van der Waals surface area (Å²) in [5.74, 6) is 0. The van der Waals surface area contributed by atoms with Gasteiger partial charge in [0.1, 0.15) is 0 Å². The standard InChI is InChI=1S/C16H24N2O2S/c1-12-5-8-16(10-14(12)11-17-15-6-7-15)21(19,20)18-9-3-4-13(18)2/h5,8,10,13,15,17H,3-4,6-7,9,11H2,1-2H3. The average molecular weight is 308 g/mol. The van der Waals surface area contributed by atoms with Crippen molar-refractivity contribution in [1.29, 1.82) is 0 Å². The molecule has 3 rings (SSSR count). The van der Waals surface area contributed by atoms with Crippen LogP contribution in [-0.2, 0) is 16.6 Å².